The number of nitrogens with one attached hydrogen (secondary N) is 1. The molecule has 0 bridgehead atoms. The van der Waals surface area contributed by atoms with Crippen LogP contribution in [0.4, 0.5) is 10.8 Å². The van der Waals surface area contributed by atoms with E-state index in [0.717, 1.165) is 0 Å². The molecule has 0 aliphatic rings. The smallest absolute Gasteiger partial charge is 0.335 e. The van der Waals surface area contributed by atoms with Crippen molar-refractivity contribution < 1.29 is 24.5 Å². The van der Waals surface area contributed by atoms with Gasteiger partial charge in [-0.05, 0) is 30.3 Å². The van der Waals surface area contributed by atoms with Crippen LogP contribution in [0.3, 0.4) is 0 Å². The fraction of sp³-hybridized carbons (Fsp3) is 0.0625. The van der Waals surface area contributed by atoms with Gasteiger partial charge in [0.25, 0.3) is 10.8 Å². The van der Waals surface area contributed by atoms with Gasteiger partial charge in [0.15, 0.2) is 12.2 Å². The van der Waals surface area contributed by atoms with Gasteiger partial charge < -0.3 is 5.11 Å². The summed E-state index contributed by atoms with van der Waals surface area (Å²) < 4.78 is 0.715. The third kappa shape index (κ3) is 3.45. The number of thiazole rings is 1. The summed E-state index contributed by atoms with van der Waals surface area (Å²) in [5, 5.41) is 11.9. The predicted octanol–water partition coefficient (Wildman–Crippen LogP) is 3.22. The lowest BCUT2D eigenvalue weighted by Gasteiger charge is -2.01. The molecule has 9 heteroatoms. The number of rotatable bonds is 5. The maximum Gasteiger partial charge on any atom is 0.335 e. The van der Waals surface area contributed by atoms with Crippen LogP contribution in [-0.2, 0) is 4.84 Å². The zero-order chi connectivity index (χ0) is 18.0. The molecule has 2 N–H and O–H groups in total. The molecule has 0 atom stereocenters. The van der Waals surface area contributed by atoms with Crippen molar-refractivity contribution >= 4 is 44.2 Å². The molecule has 8 nitrogen and oxygen atoms in total. The number of carboxylic acid groups (broad SMARTS) is 1. The fourth-order valence-corrected chi connectivity index (χ4v) is 3.01. The van der Waals surface area contributed by atoms with Gasteiger partial charge in [0.1, 0.15) is 0 Å². The number of hydrogen-bond donors (Lipinski definition) is 2. The first-order valence-corrected chi connectivity index (χ1v) is 7.86. The van der Waals surface area contributed by atoms with E-state index in [1.165, 1.54) is 42.7 Å². The lowest BCUT2D eigenvalue weighted by Crippen LogP contribution is -2.11. The number of aromatic nitrogens is 1. The minimum Gasteiger partial charge on any atom is -0.478 e. The third-order valence-corrected chi connectivity index (χ3v) is 4.30. The molecule has 1 aromatic heterocycles. The molecule has 0 unspecified atom stereocenters. The highest BCUT2D eigenvalue weighted by molar-refractivity contribution is 7.22. The van der Waals surface area contributed by atoms with Crippen molar-refractivity contribution in [2.75, 3.05) is 12.4 Å². The summed E-state index contributed by atoms with van der Waals surface area (Å²) in [6, 6.07) is 10.4. The molecule has 1 heterocycles. The van der Waals surface area contributed by atoms with Crippen molar-refractivity contribution in [1.29, 1.82) is 0 Å². The lowest BCUT2D eigenvalue weighted by molar-refractivity contribution is -0.736. The van der Waals surface area contributed by atoms with Crippen LogP contribution >= 0.6 is 11.3 Å². The molecular weight excluding hydrogens is 346 g/mol. The van der Waals surface area contributed by atoms with Crippen LogP contribution in [0.15, 0.2) is 42.5 Å². The number of carbonyl (C=O) groups excluding carboxylic acids is 1. The van der Waals surface area contributed by atoms with Crippen LogP contribution in [-0.4, -0.2) is 34.0 Å². The van der Waals surface area contributed by atoms with E-state index in [4.69, 9.17) is 5.11 Å². The number of fused-ring (bicyclic) bond motifs is 1. The van der Waals surface area contributed by atoms with Crippen LogP contribution in [0.5, 0.6) is 0 Å². The Hall–Kier alpha value is -3.33. The van der Waals surface area contributed by atoms with Crippen LogP contribution in [0.1, 0.15) is 20.7 Å². The van der Waals surface area contributed by atoms with Crippen molar-refractivity contribution in [2.45, 2.75) is 0 Å². The molecule has 0 aliphatic heterocycles. The number of benzene rings is 2. The lowest BCUT2D eigenvalue weighted by atomic mass is 10.1. The summed E-state index contributed by atoms with van der Waals surface area (Å²) in [6.07, 6.45) is 0. The summed E-state index contributed by atoms with van der Waals surface area (Å²) in [7, 11) is 1.27. The van der Waals surface area contributed by atoms with Crippen molar-refractivity contribution in [3.63, 3.8) is 0 Å². The van der Waals surface area contributed by atoms with Crippen LogP contribution in [0.2, 0.25) is 0 Å². The molecule has 126 valence electrons. The second-order valence-corrected chi connectivity index (χ2v) is 5.98. The number of carbonyl (C=O) groups is 2. The van der Waals surface area contributed by atoms with E-state index in [9.17, 15) is 14.5 Å². The van der Waals surface area contributed by atoms with Crippen LogP contribution in [0, 0.1) is 4.91 Å². The SMILES string of the molecule is CO[N+](=O)c1ccc2nc(NC(=O)c3ccc(C(=O)O)cc3)sc2c1. The summed E-state index contributed by atoms with van der Waals surface area (Å²) >= 11 is 1.21. The van der Waals surface area contributed by atoms with Crippen molar-refractivity contribution in [1.82, 2.24) is 4.98 Å². The number of amides is 1. The van der Waals surface area contributed by atoms with E-state index in [1.54, 1.807) is 18.2 Å². The van der Waals surface area contributed by atoms with E-state index in [2.05, 4.69) is 15.1 Å². The Morgan fingerprint density at radius 2 is 1.84 bits per heavy atom. The Bertz CT molecular complexity index is 981. The van der Waals surface area contributed by atoms with Gasteiger partial charge in [-0.1, -0.05) is 11.3 Å². The minimum absolute atomic E-state index is 0.101. The van der Waals surface area contributed by atoms with Gasteiger partial charge in [0, 0.05) is 17.7 Å². The summed E-state index contributed by atoms with van der Waals surface area (Å²) in [4.78, 5) is 43.8. The fourth-order valence-electron chi connectivity index (χ4n) is 2.12. The number of nitrogens with zero attached hydrogens (tertiary/aromatic N) is 2. The maximum atomic E-state index is 12.2. The van der Waals surface area contributed by atoms with Gasteiger partial charge in [-0.2, -0.15) is 0 Å². The Morgan fingerprint density at radius 1 is 1.16 bits per heavy atom. The number of carboxylic acids is 1. The molecular formula is C16H12N3O5S+. The summed E-state index contributed by atoms with van der Waals surface area (Å²) in [6.45, 7) is 0. The zero-order valence-electron chi connectivity index (χ0n) is 12.9. The number of anilines is 1. The second-order valence-electron chi connectivity index (χ2n) is 4.95. The molecule has 25 heavy (non-hydrogen) atoms. The zero-order valence-corrected chi connectivity index (χ0v) is 13.7. The topological polar surface area (TPSA) is 109 Å². The monoisotopic (exact) mass is 358 g/mol. The largest absolute Gasteiger partial charge is 0.478 e. The highest BCUT2D eigenvalue weighted by Gasteiger charge is 2.17. The van der Waals surface area contributed by atoms with E-state index >= 15 is 0 Å². The molecule has 3 rings (SSSR count). The van der Waals surface area contributed by atoms with Gasteiger partial charge in [-0.15, -0.1) is 0 Å². The van der Waals surface area contributed by atoms with Crippen molar-refractivity contribution in [3.8, 4) is 0 Å². The molecule has 3 aromatic rings. The molecule has 0 fully saturated rings. The highest BCUT2D eigenvalue weighted by Crippen LogP contribution is 2.29. The normalized spacial score (nSPS) is 10.4. The number of aromatic carboxylic acids is 1. The Labute approximate surface area is 145 Å². The molecule has 0 saturated heterocycles. The number of hydrogen-bond acceptors (Lipinski definition) is 6. The van der Waals surface area contributed by atoms with Gasteiger partial charge in [-0.25, -0.2) is 14.6 Å². The predicted molar refractivity (Wildman–Crippen MR) is 91.3 cm³/mol. The summed E-state index contributed by atoms with van der Waals surface area (Å²) in [5.74, 6) is -1.46. The molecule has 0 aliphatic carbocycles. The van der Waals surface area contributed by atoms with E-state index in [0.29, 0.717) is 31.5 Å². The Balaban J connectivity index is 1.81. The standard InChI is InChI=1S/C16H11N3O5S/c1-24-19(23)11-6-7-12-13(8-11)25-16(17-12)18-14(20)9-2-4-10(5-3-9)15(21)22/h2-8H,1H3,(H-,17,18,20,21,22,23)/p+1. The van der Waals surface area contributed by atoms with E-state index in [1.807, 2.05) is 0 Å². The summed E-state index contributed by atoms with van der Waals surface area (Å²) in [5.41, 5.74) is 1.37. The van der Waals surface area contributed by atoms with Crippen LogP contribution in [0.25, 0.3) is 10.2 Å². The molecule has 0 radical (unpaired) electrons. The van der Waals surface area contributed by atoms with Crippen molar-refractivity contribution in [2.24, 2.45) is 0 Å². The first-order chi connectivity index (χ1) is 12.0. The maximum absolute atomic E-state index is 12.2. The Morgan fingerprint density at radius 3 is 2.48 bits per heavy atom. The minimum atomic E-state index is -1.06. The molecule has 2 aromatic carbocycles. The quantitative estimate of drug-likeness (QED) is 0.678. The molecule has 0 spiro atoms. The van der Waals surface area contributed by atoms with Gasteiger partial charge in [-0.3, -0.25) is 10.1 Å². The van der Waals surface area contributed by atoms with Gasteiger partial charge >= 0.3 is 11.7 Å². The molecule has 1 amide bonds. The Kier molecular flexibility index (Phi) is 4.40. The first kappa shape index (κ1) is 16.5. The average Bonchev–Trinajstić information content (AvgIpc) is 3.02. The molecule has 0 saturated carbocycles. The highest BCUT2D eigenvalue weighted by atomic mass is 32.1. The van der Waals surface area contributed by atoms with Crippen molar-refractivity contribution in [3.05, 3.63) is 58.5 Å². The van der Waals surface area contributed by atoms with Gasteiger partial charge in [0.05, 0.1) is 20.7 Å². The van der Waals surface area contributed by atoms with E-state index in [-0.39, 0.29) is 5.56 Å². The first-order valence-electron chi connectivity index (χ1n) is 7.04. The second kappa shape index (κ2) is 6.65. The van der Waals surface area contributed by atoms with E-state index < -0.39 is 11.9 Å². The van der Waals surface area contributed by atoms with Crippen LogP contribution < -0.4 is 5.32 Å². The third-order valence-electron chi connectivity index (χ3n) is 3.36. The van der Waals surface area contributed by atoms with Gasteiger partial charge in [0.2, 0.25) is 0 Å². The average molecular weight is 358 g/mol.